The first-order valence-electron chi connectivity index (χ1n) is 3.84. The van der Waals surface area contributed by atoms with Gasteiger partial charge in [-0.15, -0.1) is 0 Å². The van der Waals surface area contributed by atoms with Crippen molar-refractivity contribution in [1.82, 2.24) is 0 Å². The van der Waals surface area contributed by atoms with E-state index in [1.165, 1.54) is 0 Å². The predicted molar refractivity (Wildman–Crippen MR) is 48.1 cm³/mol. The van der Waals surface area contributed by atoms with Crippen molar-refractivity contribution in [1.29, 1.82) is 0 Å². The summed E-state index contributed by atoms with van der Waals surface area (Å²) in [5.74, 6) is 0. The highest BCUT2D eigenvalue weighted by Crippen LogP contribution is 2.43. The highest BCUT2D eigenvalue weighted by Gasteiger charge is 2.45. The number of rotatable bonds is 3. The summed E-state index contributed by atoms with van der Waals surface area (Å²) in [6, 6.07) is 9.97. The van der Waals surface area contributed by atoms with E-state index in [1.807, 2.05) is 30.3 Å². The van der Waals surface area contributed by atoms with Crippen molar-refractivity contribution >= 4 is 11.8 Å². The molecule has 0 aromatic heterocycles. The number of thioether (sulfide) groups is 1. The fourth-order valence-corrected chi connectivity index (χ4v) is 1.93. The van der Waals surface area contributed by atoms with E-state index in [1.54, 1.807) is 11.8 Å². The molecule has 64 valence electrons. The number of hydrogen-bond acceptors (Lipinski definition) is 3. The van der Waals surface area contributed by atoms with Crippen LogP contribution in [-0.4, -0.2) is 23.3 Å². The first-order valence-corrected chi connectivity index (χ1v) is 4.65. The fourth-order valence-electron chi connectivity index (χ4n) is 0.966. The van der Waals surface area contributed by atoms with Gasteiger partial charge in [-0.25, -0.2) is 0 Å². The van der Waals surface area contributed by atoms with Crippen LogP contribution in [0, 0.1) is 0 Å². The van der Waals surface area contributed by atoms with Gasteiger partial charge in [-0.05, 0) is 12.1 Å². The second-order valence-corrected chi connectivity index (χ2v) is 4.19. The molecule has 0 radical (unpaired) electrons. The monoisotopic (exact) mass is 182 g/mol. The number of aliphatic hydroxyl groups is 1. The van der Waals surface area contributed by atoms with Gasteiger partial charge >= 0.3 is 0 Å². The minimum absolute atomic E-state index is 0.0898. The largest absolute Gasteiger partial charge is 0.392 e. The van der Waals surface area contributed by atoms with Crippen LogP contribution in [0.5, 0.6) is 0 Å². The fraction of sp³-hybridized carbons (Fsp3) is 0.333. The lowest BCUT2D eigenvalue weighted by molar-refractivity contribution is 0.227. The topological polar surface area (TPSA) is 32.8 Å². The highest BCUT2D eigenvalue weighted by atomic mass is 32.2. The molecule has 3 heteroatoms. The molecule has 1 fully saturated rings. The summed E-state index contributed by atoms with van der Waals surface area (Å²) in [7, 11) is 0. The maximum atomic E-state index is 8.97. The molecule has 1 aliphatic rings. The maximum absolute atomic E-state index is 8.97. The predicted octanol–water partition coefficient (Wildman–Crippen LogP) is 1.50. The lowest BCUT2D eigenvalue weighted by Gasteiger charge is -2.06. The van der Waals surface area contributed by atoms with Crippen LogP contribution in [0.1, 0.15) is 0 Å². The number of benzene rings is 1. The van der Waals surface area contributed by atoms with E-state index in [2.05, 4.69) is 0 Å². The normalized spacial score (nSPS) is 27.1. The average molecular weight is 182 g/mol. The number of aliphatic hydroxyl groups excluding tert-OH is 1. The zero-order valence-corrected chi connectivity index (χ0v) is 7.38. The van der Waals surface area contributed by atoms with Crippen molar-refractivity contribution in [2.45, 2.75) is 9.83 Å². The van der Waals surface area contributed by atoms with Crippen LogP contribution in [0.3, 0.4) is 0 Å². The van der Waals surface area contributed by atoms with E-state index in [0.717, 1.165) is 4.90 Å². The number of ether oxygens (including phenoxy) is 1. The summed E-state index contributed by atoms with van der Waals surface area (Å²) in [6.45, 7) is 0.746. The summed E-state index contributed by atoms with van der Waals surface area (Å²) in [5.41, 5.74) is 0. The van der Waals surface area contributed by atoms with Gasteiger partial charge in [-0.3, -0.25) is 0 Å². The van der Waals surface area contributed by atoms with Crippen molar-refractivity contribution < 1.29 is 9.84 Å². The smallest absolute Gasteiger partial charge is 0.164 e. The molecule has 1 saturated heterocycles. The van der Waals surface area contributed by atoms with Gasteiger partial charge in [-0.1, -0.05) is 30.0 Å². The molecule has 1 aromatic carbocycles. The molecule has 0 bridgehead atoms. The van der Waals surface area contributed by atoms with Crippen LogP contribution in [0.15, 0.2) is 35.2 Å². The van der Waals surface area contributed by atoms with E-state index in [9.17, 15) is 0 Å². The van der Waals surface area contributed by atoms with Gasteiger partial charge in [0.25, 0.3) is 0 Å². The summed E-state index contributed by atoms with van der Waals surface area (Å²) < 4.78 is 5.16. The first-order chi connectivity index (χ1) is 5.85. The summed E-state index contributed by atoms with van der Waals surface area (Å²) in [4.78, 5) is 0.811. The van der Waals surface area contributed by atoms with Crippen LogP contribution < -0.4 is 0 Å². The van der Waals surface area contributed by atoms with Gasteiger partial charge in [0.1, 0.15) is 0 Å². The molecule has 12 heavy (non-hydrogen) atoms. The summed E-state index contributed by atoms with van der Waals surface area (Å²) in [6.07, 6.45) is 0. The van der Waals surface area contributed by atoms with Crippen molar-refractivity contribution in [2.75, 3.05) is 13.2 Å². The zero-order chi connectivity index (χ0) is 8.44. The van der Waals surface area contributed by atoms with E-state index >= 15 is 0 Å². The number of hydrogen-bond donors (Lipinski definition) is 1. The van der Waals surface area contributed by atoms with E-state index in [0.29, 0.717) is 6.61 Å². The first kappa shape index (κ1) is 8.10. The van der Waals surface area contributed by atoms with Crippen LogP contribution in [0.4, 0.5) is 0 Å². The Morgan fingerprint density at radius 2 is 2.08 bits per heavy atom. The van der Waals surface area contributed by atoms with Crippen molar-refractivity contribution in [3.63, 3.8) is 0 Å². The summed E-state index contributed by atoms with van der Waals surface area (Å²) >= 11 is 1.58. The molecule has 2 rings (SSSR count). The molecule has 1 atom stereocenters. The van der Waals surface area contributed by atoms with Gasteiger partial charge in [-0.2, -0.15) is 0 Å². The second-order valence-electron chi connectivity index (χ2n) is 2.77. The zero-order valence-electron chi connectivity index (χ0n) is 6.56. The second kappa shape index (κ2) is 3.09. The molecule has 1 heterocycles. The van der Waals surface area contributed by atoms with E-state index in [4.69, 9.17) is 9.84 Å². The van der Waals surface area contributed by atoms with Gasteiger partial charge < -0.3 is 9.84 Å². The summed E-state index contributed by atoms with van der Waals surface area (Å²) in [5, 5.41) is 8.97. The molecule has 2 nitrogen and oxygen atoms in total. The molecule has 0 saturated carbocycles. The van der Waals surface area contributed by atoms with Crippen LogP contribution in [0.2, 0.25) is 0 Å². The van der Waals surface area contributed by atoms with Gasteiger partial charge in [0.05, 0.1) is 13.2 Å². The van der Waals surface area contributed by atoms with E-state index < -0.39 is 0 Å². The van der Waals surface area contributed by atoms with Gasteiger partial charge in [0.15, 0.2) is 4.93 Å². The Bertz CT molecular complexity index is 256. The lowest BCUT2D eigenvalue weighted by atomic mass is 10.4. The minimum atomic E-state index is -0.332. The molecule has 0 aliphatic carbocycles. The Balaban J connectivity index is 2.04. The molecular weight excluding hydrogens is 172 g/mol. The SMILES string of the molecule is OC[C@]1(Sc2ccccc2)CO1. The van der Waals surface area contributed by atoms with E-state index in [-0.39, 0.29) is 11.5 Å². The molecule has 1 aliphatic heterocycles. The third kappa shape index (κ3) is 1.63. The van der Waals surface area contributed by atoms with Gasteiger partial charge in [0.2, 0.25) is 0 Å². The molecule has 0 unspecified atom stereocenters. The minimum Gasteiger partial charge on any atom is -0.392 e. The Kier molecular flexibility index (Phi) is 2.09. The Labute approximate surface area is 75.6 Å². The molecule has 0 spiro atoms. The molecular formula is C9H10O2S. The number of epoxide rings is 1. The quantitative estimate of drug-likeness (QED) is 0.719. The Hall–Kier alpha value is -0.510. The lowest BCUT2D eigenvalue weighted by Crippen LogP contribution is -2.10. The van der Waals surface area contributed by atoms with Crippen molar-refractivity contribution in [3.8, 4) is 0 Å². The van der Waals surface area contributed by atoms with Gasteiger partial charge in [0, 0.05) is 4.90 Å². The van der Waals surface area contributed by atoms with Crippen LogP contribution in [-0.2, 0) is 4.74 Å². The molecule has 1 aromatic rings. The Morgan fingerprint density at radius 3 is 2.58 bits per heavy atom. The molecule has 1 N–H and O–H groups in total. The van der Waals surface area contributed by atoms with Crippen molar-refractivity contribution in [3.05, 3.63) is 30.3 Å². The standard InChI is InChI=1S/C9H10O2S/c10-6-9(7-11-9)12-8-4-2-1-3-5-8/h1-5,10H,6-7H2/t9-/m0/s1. The van der Waals surface area contributed by atoms with Crippen molar-refractivity contribution in [2.24, 2.45) is 0 Å². The average Bonchev–Trinajstić information content (AvgIpc) is 2.88. The van der Waals surface area contributed by atoms with Crippen LogP contribution in [0.25, 0.3) is 0 Å². The molecule has 0 amide bonds. The highest BCUT2D eigenvalue weighted by molar-refractivity contribution is 8.00. The maximum Gasteiger partial charge on any atom is 0.164 e. The third-order valence-electron chi connectivity index (χ3n) is 1.75. The van der Waals surface area contributed by atoms with Crippen LogP contribution >= 0.6 is 11.8 Å². The third-order valence-corrected chi connectivity index (χ3v) is 3.00. The Morgan fingerprint density at radius 1 is 1.42 bits per heavy atom.